The molecule has 0 radical (unpaired) electrons. The third-order valence-corrected chi connectivity index (χ3v) is 1.44. The van der Waals surface area contributed by atoms with Crippen molar-refractivity contribution in [2.75, 3.05) is 7.05 Å². The first-order chi connectivity index (χ1) is 5.74. The zero-order chi connectivity index (χ0) is 8.97. The van der Waals surface area contributed by atoms with Gasteiger partial charge in [-0.1, -0.05) is 6.07 Å². The number of aromatic hydroxyl groups is 2. The number of hydrogen-bond acceptors (Lipinski definition) is 3. The Morgan fingerprint density at radius 3 is 2.58 bits per heavy atom. The van der Waals surface area contributed by atoms with E-state index in [4.69, 9.17) is 10.2 Å². The Labute approximate surface area is 71.0 Å². The van der Waals surface area contributed by atoms with Crippen molar-refractivity contribution in [1.29, 1.82) is 0 Å². The zero-order valence-electron chi connectivity index (χ0n) is 6.78. The summed E-state index contributed by atoms with van der Waals surface area (Å²) in [6, 6.07) is 4.65. The lowest BCUT2D eigenvalue weighted by atomic mass is 10.2. The molecular weight excluding hydrogens is 154 g/mol. The Hall–Kier alpha value is -1.64. The molecule has 0 spiro atoms. The largest absolute Gasteiger partial charge is 0.504 e. The summed E-state index contributed by atoms with van der Waals surface area (Å²) in [5.41, 5.74) is 0.833. The predicted octanol–water partition coefficient (Wildman–Crippen LogP) is 1.29. The van der Waals surface area contributed by atoms with Crippen LogP contribution in [-0.4, -0.2) is 17.3 Å². The number of hydrogen-bond donors (Lipinski definition) is 3. The molecule has 1 rings (SSSR count). The average Bonchev–Trinajstić information content (AvgIpc) is 2.07. The molecule has 0 saturated carbocycles. The van der Waals surface area contributed by atoms with Crippen LogP contribution in [0.4, 0.5) is 0 Å². The molecule has 0 aliphatic rings. The van der Waals surface area contributed by atoms with Gasteiger partial charge < -0.3 is 15.5 Å². The SMILES string of the molecule is CN/C=C/c1ccc(O)c(O)c1. The first kappa shape index (κ1) is 8.46. The molecule has 0 heterocycles. The second-order valence-electron chi connectivity index (χ2n) is 2.37. The van der Waals surface area contributed by atoms with E-state index in [9.17, 15) is 0 Å². The second kappa shape index (κ2) is 3.67. The van der Waals surface area contributed by atoms with Crippen LogP contribution in [0.3, 0.4) is 0 Å². The van der Waals surface area contributed by atoms with Gasteiger partial charge in [-0.15, -0.1) is 0 Å². The highest BCUT2D eigenvalue weighted by molar-refractivity contribution is 5.54. The minimum atomic E-state index is -0.103. The Balaban J connectivity index is 2.89. The fraction of sp³-hybridized carbons (Fsp3) is 0.111. The molecular formula is C9H11NO2. The van der Waals surface area contributed by atoms with Crippen LogP contribution in [0.25, 0.3) is 6.08 Å². The van der Waals surface area contributed by atoms with Gasteiger partial charge in [0.2, 0.25) is 0 Å². The van der Waals surface area contributed by atoms with E-state index in [0.717, 1.165) is 5.56 Å². The van der Waals surface area contributed by atoms with E-state index in [2.05, 4.69) is 5.32 Å². The number of phenols is 2. The van der Waals surface area contributed by atoms with Crippen molar-refractivity contribution in [1.82, 2.24) is 5.32 Å². The molecule has 3 nitrogen and oxygen atoms in total. The zero-order valence-corrected chi connectivity index (χ0v) is 6.78. The van der Waals surface area contributed by atoms with Gasteiger partial charge >= 0.3 is 0 Å². The van der Waals surface area contributed by atoms with Crippen molar-refractivity contribution in [3.05, 3.63) is 30.0 Å². The summed E-state index contributed by atoms with van der Waals surface area (Å²) in [5, 5.41) is 20.9. The first-order valence-electron chi connectivity index (χ1n) is 3.60. The number of rotatable bonds is 2. The third kappa shape index (κ3) is 1.92. The van der Waals surface area contributed by atoms with Crippen molar-refractivity contribution in [3.8, 4) is 11.5 Å². The van der Waals surface area contributed by atoms with Crippen molar-refractivity contribution >= 4 is 6.08 Å². The van der Waals surface area contributed by atoms with E-state index in [-0.39, 0.29) is 11.5 Å². The van der Waals surface area contributed by atoms with Crippen molar-refractivity contribution < 1.29 is 10.2 Å². The Morgan fingerprint density at radius 1 is 1.25 bits per heavy atom. The molecule has 0 amide bonds. The van der Waals surface area contributed by atoms with Gasteiger partial charge in [0.15, 0.2) is 11.5 Å². The summed E-state index contributed by atoms with van der Waals surface area (Å²) in [6.07, 6.45) is 3.53. The smallest absolute Gasteiger partial charge is 0.157 e. The van der Waals surface area contributed by atoms with Crippen LogP contribution in [0.2, 0.25) is 0 Å². The van der Waals surface area contributed by atoms with Gasteiger partial charge in [0, 0.05) is 7.05 Å². The summed E-state index contributed by atoms with van der Waals surface area (Å²) in [7, 11) is 1.79. The van der Waals surface area contributed by atoms with Gasteiger partial charge in [-0.2, -0.15) is 0 Å². The molecule has 3 N–H and O–H groups in total. The molecule has 0 atom stereocenters. The summed E-state index contributed by atoms with van der Waals surface area (Å²) < 4.78 is 0. The molecule has 1 aromatic rings. The molecule has 64 valence electrons. The van der Waals surface area contributed by atoms with Crippen molar-refractivity contribution in [2.24, 2.45) is 0 Å². The van der Waals surface area contributed by atoms with Crippen LogP contribution in [0.1, 0.15) is 5.56 Å². The van der Waals surface area contributed by atoms with Crippen LogP contribution in [0.5, 0.6) is 11.5 Å². The topological polar surface area (TPSA) is 52.5 Å². The maximum Gasteiger partial charge on any atom is 0.157 e. The third-order valence-electron chi connectivity index (χ3n) is 1.44. The van der Waals surface area contributed by atoms with Gasteiger partial charge in [-0.3, -0.25) is 0 Å². The molecule has 3 heteroatoms. The van der Waals surface area contributed by atoms with Gasteiger partial charge in [-0.25, -0.2) is 0 Å². The molecule has 0 aliphatic carbocycles. The van der Waals surface area contributed by atoms with Crippen molar-refractivity contribution in [2.45, 2.75) is 0 Å². The fourth-order valence-electron chi connectivity index (χ4n) is 0.824. The van der Waals surface area contributed by atoms with Gasteiger partial charge in [0.25, 0.3) is 0 Å². The average molecular weight is 165 g/mol. The monoisotopic (exact) mass is 165 g/mol. The maximum atomic E-state index is 9.10. The molecule has 0 unspecified atom stereocenters. The molecule has 0 saturated heterocycles. The van der Waals surface area contributed by atoms with E-state index in [1.54, 1.807) is 25.4 Å². The predicted molar refractivity (Wildman–Crippen MR) is 47.9 cm³/mol. The summed E-state index contributed by atoms with van der Waals surface area (Å²) >= 11 is 0. The van der Waals surface area contributed by atoms with E-state index >= 15 is 0 Å². The molecule has 0 bridgehead atoms. The van der Waals surface area contributed by atoms with E-state index in [1.807, 2.05) is 0 Å². The van der Waals surface area contributed by atoms with Gasteiger partial charge in [-0.05, 0) is 30.0 Å². The van der Waals surface area contributed by atoms with Crippen molar-refractivity contribution in [3.63, 3.8) is 0 Å². The maximum absolute atomic E-state index is 9.10. The lowest BCUT2D eigenvalue weighted by molar-refractivity contribution is 0.403. The molecule has 0 aromatic heterocycles. The first-order valence-corrected chi connectivity index (χ1v) is 3.60. The Kier molecular flexibility index (Phi) is 2.58. The minimum Gasteiger partial charge on any atom is -0.504 e. The second-order valence-corrected chi connectivity index (χ2v) is 2.37. The minimum absolute atomic E-state index is 0.100. The lowest BCUT2D eigenvalue weighted by Crippen LogP contribution is -1.90. The molecule has 0 fully saturated rings. The standard InChI is InChI=1S/C9H11NO2/c1-10-5-4-7-2-3-8(11)9(12)6-7/h2-6,10-12H,1H3/b5-4+. The summed E-state index contributed by atoms with van der Waals surface area (Å²) in [6.45, 7) is 0. The van der Waals surface area contributed by atoms with Gasteiger partial charge in [0.1, 0.15) is 0 Å². The lowest BCUT2D eigenvalue weighted by Gasteiger charge is -1.97. The number of nitrogens with one attached hydrogen (secondary N) is 1. The van der Waals surface area contributed by atoms with E-state index < -0.39 is 0 Å². The molecule has 1 aromatic carbocycles. The van der Waals surface area contributed by atoms with Crippen LogP contribution in [0.15, 0.2) is 24.4 Å². The summed E-state index contributed by atoms with van der Waals surface area (Å²) in [5.74, 6) is -0.204. The fourth-order valence-corrected chi connectivity index (χ4v) is 0.824. The highest BCUT2D eigenvalue weighted by atomic mass is 16.3. The highest BCUT2D eigenvalue weighted by Crippen LogP contribution is 2.25. The van der Waals surface area contributed by atoms with Crippen LogP contribution in [-0.2, 0) is 0 Å². The number of benzene rings is 1. The Morgan fingerprint density at radius 2 is 2.00 bits per heavy atom. The highest BCUT2D eigenvalue weighted by Gasteiger charge is 1.96. The van der Waals surface area contributed by atoms with Crippen LogP contribution < -0.4 is 5.32 Å². The quantitative estimate of drug-likeness (QED) is 0.579. The summed E-state index contributed by atoms with van der Waals surface area (Å²) in [4.78, 5) is 0. The molecule has 0 aliphatic heterocycles. The van der Waals surface area contributed by atoms with Crippen LogP contribution in [0, 0.1) is 0 Å². The van der Waals surface area contributed by atoms with E-state index in [0.29, 0.717) is 0 Å². The normalized spacial score (nSPS) is 10.4. The molecule has 12 heavy (non-hydrogen) atoms. The van der Waals surface area contributed by atoms with E-state index in [1.165, 1.54) is 12.1 Å². The number of phenolic OH excluding ortho intramolecular Hbond substituents is 2. The van der Waals surface area contributed by atoms with Crippen LogP contribution >= 0.6 is 0 Å². The Bertz CT molecular complexity index is 295. The van der Waals surface area contributed by atoms with Gasteiger partial charge in [0.05, 0.1) is 0 Å².